The third-order valence-electron chi connectivity index (χ3n) is 2.62. The topological polar surface area (TPSA) is 36.4 Å². The van der Waals surface area contributed by atoms with Crippen molar-refractivity contribution in [3.05, 3.63) is 10.6 Å². The van der Waals surface area contributed by atoms with E-state index in [-0.39, 0.29) is 12.6 Å². The molecular weight excluding hydrogens is 277 g/mol. The number of alkyl halides is 3. The van der Waals surface area contributed by atoms with Gasteiger partial charge < -0.3 is 10.0 Å². The van der Waals surface area contributed by atoms with Gasteiger partial charge in [-0.05, 0) is 20.3 Å². The van der Waals surface area contributed by atoms with Crippen LogP contribution in [0.2, 0.25) is 0 Å². The highest BCUT2D eigenvalue weighted by molar-refractivity contribution is 7.15. The highest BCUT2D eigenvalue weighted by atomic mass is 32.1. The molecule has 1 rings (SSSR count). The van der Waals surface area contributed by atoms with Gasteiger partial charge in [0.1, 0.15) is 6.54 Å². The first-order valence-electron chi connectivity index (χ1n) is 6.21. The van der Waals surface area contributed by atoms with E-state index in [0.717, 1.165) is 17.8 Å². The number of nitrogens with zero attached hydrogens (tertiary/aromatic N) is 2. The van der Waals surface area contributed by atoms with E-state index in [1.807, 2.05) is 6.92 Å². The minimum Gasteiger partial charge on any atom is -0.391 e. The van der Waals surface area contributed by atoms with Gasteiger partial charge in [-0.1, -0.05) is 24.7 Å². The van der Waals surface area contributed by atoms with Crippen molar-refractivity contribution >= 4 is 16.5 Å². The summed E-state index contributed by atoms with van der Waals surface area (Å²) in [6, 6.07) is -0.297. The molecule has 0 fully saturated rings. The summed E-state index contributed by atoms with van der Waals surface area (Å²) in [6.07, 6.45) is -2.75. The Kier molecular flexibility index (Phi) is 5.61. The molecule has 0 amide bonds. The van der Waals surface area contributed by atoms with Crippen LogP contribution in [0.15, 0.2) is 0 Å². The first-order valence-corrected chi connectivity index (χ1v) is 7.03. The van der Waals surface area contributed by atoms with Crippen LogP contribution in [0.3, 0.4) is 0 Å². The van der Waals surface area contributed by atoms with E-state index in [1.165, 1.54) is 4.90 Å². The van der Waals surface area contributed by atoms with E-state index in [0.29, 0.717) is 22.1 Å². The first kappa shape index (κ1) is 16.2. The SMILES string of the molecule is CCCc1nc(N(CC(F)(F)F)C(C)C)sc1CO. The lowest BCUT2D eigenvalue weighted by Crippen LogP contribution is -2.39. The summed E-state index contributed by atoms with van der Waals surface area (Å²) in [7, 11) is 0. The number of aliphatic hydroxyl groups is 1. The smallest absolute Gasteiger partial charge is 0.391 e. The monoisotopic (exact) mass is 296 g/mol. The van der Waals surface area contributed by atoms with Crippen molar-refractivity contribution in [1.29, 1.82) is 0 Å². The number of rotatable bonds is 6. The van der Waals surface area contributed by atoms with Crippen molar-refractivity contribution in [3.63, 3.8) is 0 Å². The normalized spacial score (nSPS) is 12.2. The van der Waals surface area contributed by atoms with Gasteiger partial charge in [-0.15, -0.1) is 0 Å². The minimum atomic E-state index is -4.26. The van der Waals surface area contributed by atoms with Crippen molar-refractivity contribution in [2.45, 2.75) is 52.4 Å². The lowest BCUT2D eigenvalue weighted by Gasteiger charge is -2.27. The number of aromatic nitrogens is 1. The molecule has 7 heteroatoms. The maximum absolute atomic E-state index is 12.6. The molecule has 0 aliphatic carbocycles. The van der Waals surface area contributed by atoms with E-state index < -0.39 is 12.7 Å². The summed E-state index contributed by atoms with van der Waals surface area (Å²) >= 11 is 1.14. The zero-order valence-corrected chi connectivity index (χ0v) is 12.1. The molecule has 3 nitrogen and oxygen atoms in total. The van der Waals surface area contributed by atoms with E-state index >= 15 is 0 Å². The number of thiazole rings is 1. The second-order valence-electron chi connectivity index (χ2n) is 4.61. The number of anilines is 1. The molecule has 0 spiro atoms. The zero-order chi connectivity index (χ0) is 14.6. The lowest BCUT2D eigenvalue weighted by atomic mass is 10.2. The van der Waals surface area contributed by atoms with Crippen LogP contribution in [0.5, 0.6) is 0 Å². The van der Waals surface area contributed by atoms with Crippen molar-refractivity contribution < 1.29 is 18.3 Å². The van der Waals surface area contributed by atoms with Gasteiger partial charge >= 0.3 is 6.18 Å². The van der Waals surface area contributed by atoms with Crippen LogP contribution in [-0.4, -0.2) is 28.9 Å². The predicted octanol–water partition coefficient (Wildman–Crippen LogP) is 3.37. The Balaban J connectivity index is 3.02. The van der Waals surface area contributed by atoms with Gasteiger partial charge in [-0.2, -0.15) is 13.2 Å². The van der Waals surface area contributed by atoms with Gasteiger partial charge in [-0.3, -0.25) is 0 Å². The predicted molar refractivity (Wildman–Crippen MR) is 70.6 cm³/mol. The Hall–Kier alpha value is -0.820. The second-order valence-corrected chi connectivity index (χ2v) is 5.67. The van der Waals surface area contributed by atoms with Gasteiger partial charge in [0, 0.05) is 6.04 Å². The number of hydrogen-bond donors (Lipinski definition) is 1. The van der Waals surface area contributed by atoms with Gasteiger partial charge in [0.2, 0.25) is 0 Å². The number of aryl methyl sites for hydroxylation is 1. The number of halogens is 3. The summed E-state index contributed by atoms with van der Waals surface area (Å²) in [5, 5.41) is 9.57. The molecule has 110 valence electrons. The molecule has 0 aromatic carbocycles. The fourth-order valence-corrected chi connectivity index (χ4v) is 2.81. The Bertz CT molecular complexity index is 404. The van der Waals surface area contributed by atoms with Crippen molar-refractivity contribution in [1.82, 2.24) is 4.98 Å². The van der Waals surface area contributed by atoms with Crippen LogP contribution in [0.4, 0.5) is 18.3 Å². The molecule has 19 heavy (non-hydrogen) atoms. The zero-order valence-electron chi connectivity index (χ0n) is 11.3. The van der Waals surface area contributed by atoms with Gasteiger partial charge in [0.15, 0.2) is 5.13 Å². The highest BCUT2D eigenvalue weighted by Crippen LogP contribution is 2.31. The average molecular weight is 296 g/mol. The van der Waals surface area contributed by atoms with Crippen LogP contribution in [-0.2, 0) is 13.0 Å². The molecule has 0 bridgehead atoms. The Morgan fingerprint density at radius 3 is 2.42 bits per heavy atom. The summed E-state index contributed by atoms with van der Waals surface area (Å²) in [5.41, 5.74) is 0.706. The largest absolute Gasteiger partial charge is 0.406 e. The van der Waals surface area contributed by atoms with Gasteiger partial charge in [0.05, 0.1) is 17.2 Å². The van der Waals surface area contributed by atoms with Crippen LogP contribution in [0.1, 0.15) is 37.8 Å². The van der Waals surface area contributed by atoms with Crippen LogP contribution < -0.4 is 4.90 Å². The van der Waals surface area contributed by atoms with E-state index in [4.69, 9.17) is 0 Å². The molecule has 1 heterocycles. The molecule has 0 saturated carbocycles. The second kappa shape index (κ2) is 6.56. The van der Waals surface area contributed by atoms with Gasteiger partial charge in [-0.25, -0.2) is 4.98 Å². The van der Waals surface area contributed by atoms with Crippen LogP contribution in [0.25, 0.3) is 0 Å². The molecule has 1 N–H and O–H groups in total. The quantitative estimate of drug-likeness (QED) is 0.874. The number of aliphatic hydroxyl groups excluding tert-OH is 1. The highest BCUT2D eigenvalue weighted by Gasteiger charge is 2.33. The van der Waals surface area contributed by atoms with E-state index in [9.17, 15) is 18.3 Å². The van der Waals surface area contributed by atoms with Crippen molar-refractivity contribution in [3.8, 4) is 0 Å². The molecular formula is C12H19F3N2OS. The lowest BCUT2D eigenvalue weighted by molar-refractivity contribution is -0.120. The maximum atomic E-state index is 12.6. The Morgan fingerprint density at radius 2 is 2.00 bits per heavy atom. The van der Waals surface area contributed by atoms with Crippen molar-refractivity contribution in [2.24, 2.45) is 0 Å². The minimum absolute atomic E-state index is 0.176. The van der Waals surface area contributed by atoms with E-state index in [1.54, 1.807) is 13.8 Å². The molecule has 0 unspecified atom stereocenters. The third kappa shape index (κ3) is 4.65. The first-order chi connectivity index (χ1) is 8.78. The maximum Gasteiger partial charge on any atom is 0.406 e. The summed E-state index contributed by atoms with van der Waals surface area (Å²) in [4.78, 5) is 6.14. The van der Waals surface area contributed by atoms with Crippen LogP contribution >= 0.6 is 11.3 Å². The molecule has 0 saturated heterocycles. The molecule has 0 aliphatic heterocycles. The summed E-state index contributed by atoms with van der Waals surface area (Å²) in [6.45, 7) is 4.17. The summed E-state index contributed by atoms with van der Waals surface area (Å²) < 4.78 is 37.7. The number of hydrogen-bond acceptors (Lipinski definition) is 4. The Morgan fingerprint density at radius 1 is 1.37 bits per heavy atom. The fourth-order valence-electron chi connectivity index (χ4n) is 1.71. The fraction of sp³-hybridized carbons (Fsp3) is 0.750. The molecule has 1 aromatic heterocycles. The molecule has 1 aromatic rings. The molecule has 0 aliphatic rings. The third-order valence-corrected chi connectivity index (χ3v) is 3.74. The van der Waals surface area contributed by atoms with Crippen LogP contribution in [0, 0.1) is 0 Å². The average Bonchev–Trinajstić information content (AvgIpc) is 2.68. The van der Waals surface area contributed by atoms with E-state index in [2.05, 4.69) is 4.98 Å². The standard InChI is InChI=1S/C12H19F3N2OS/c1-4-5-9-10(6-18)19-11(16-9)17(8(2)3)7-12(13,14)15/h8,18H,4-7H2,1-3H3. The summed E-state index contributed by atoms with van der Waals surface area (Å²) in [5.74, 6) is 0. The molecule has 0 radical (unpaired) electrons. The molecule has 0 atom stereocenters. The van der Waals surface area contributed by atoms with Crippen molar-refractivity contribution in [2.75, 3.05) is 11.4 Å². The Labute approximate surface area is 115 Å². The van der Waals surface area contributed by atoms with Gasteiger partial charge in [0.25, 0.3) is 0 Å².